The van der Waals surface area contributed by atoms with E-state index >= 15 is 0 Å². The molecule has 0 aliphatic rings. The van der Waals surface area contributed by atoms with Gasteiger partial charge in [0.05, 0.1) is 0 Å². The topological polar surface area (TPSA) is 12.0 Å². The highest BCUT2D eigenvalue weighted by atomic mass is 32.2. The minimum atomic E-state index is 0.601. The smallest absolute Gasteiger partial charge is 0.0195 e. The molecule has 1 atom stereocenters. The van der Waals surface area contributed by atoms with Crippen LogP contribution in [0.1, 0.15) is 18.9 Å². The maximum Gasteiger partial charge on any atom is 0.0195 e. The Bertz CT molecular complexity index is 248. The molecule has 1 N–H and O–H groups in total. The van der Waals surface area contributed by atoms with Crippen LogP contribution in [0, 0.1) is 0 Å². The number of benzene rings is 1. The molecule has 0 aliphatic carbocycles. The molecule has 1 aromatic rings. The first-order valence-corrected chi connectivity index (χ1v) is 6.81. The van der Waals surface area contributed by atoms with Crippen LogP contribution in [-0.2, 0) is 6.42 Å². The highest BCUT2D eigenvalue weighted by Gasteiger charge is 2.06. The number of hydrogen-bond acceptors (Lipinski definition) is 2. The van der Waals surface area contributed by atoms with Crippen molar-refractivity contribution in [1.82, 2.24) is 5.32 Å². The Labute approximate surface area is 97.7 Å². The number of thioether (sulfide) groups is 1. The van der Waals surface area contributed by atoms with Crippen LogP contribution in [0.15, 0.2) is 30.3 Å². The molecule has 1 nitrogen and oxygen atoms in total. The minimum Gasteiger partial charge on any atom is -0.316 e. The highest BCUT2D eigenvalue weighted by molar-refractivity contribution is 7.99. The minimum absolute atomic E-state index is 0.601. The SMILES string of the molecule is CCCSCC(Cc1ccccc1)NC. The van der Waals surface area contributed by atoms with Gasteiger partial charge in [-0.05, 0) is 31.2 Å². The van der Waals surface area contributed by atoms with Crippen molar-refractivity contribution in [2.45, 2.75) is 25.8 Å². The lowest BCUT2D eigenvalue weighted by Crippen LogP contribution is -2.30. The van der Waals surface area contributed by atoms with Crippen LogP contribution >= 0.6 is 11.8 Å². The van der Waals surface area contributed by atoms with E-state index in [2.05, 4.69) is 49.6 Å². The van der Waals surface area contributed by atoms with E-state index in [1.54, 1.807) is 0 Å². The van der Waals surface area contributed by atoms with Gasteiger partial charge < -0.3 is 5.32 Å². The molecule has 0 heterocycles. The lowest BCUT2D eigenvalue weighted by atomic mass is 10.1. The molecule has 0 bridgehead atoms. The second-order valence-electron chi connectivity index (χ2n) is 3.75. The summed E-state index contributed by atoms with van der Waals surface area (Å²) in [6.45, 7) is 2.23. The van der Waals surface area contributed by atoms with Gasteiger partial charge in [0.2, 0.25) is 0 Å². The molecule has 0 radical (unpaired) electrons. The van der Waals surface area contributed by atoms with Gasteiger partial charge in [0.1, 0.15) is 0 Å². The van der Waals surface area contributed by atoms with Crippen molar-refractivity contribution in [3.8, 4) is 0 Å². The summed E-state index contributed by atoms with van der Waals surface area (Å²) in [5.74, 6) is 2.48. The van der Waals surface area contributed by atoms with Gasteiger partial charge in [-0.2, -0.15) is 11.8 Å². The Balaban J connectivity index is 2.33. The molecular formula is C13H21NS. The molecule has 0 spiro atoms. The van der Waals surface area contributed by atoms with Crippen molar-refractivity contribution in [1.29, 1.82) is 0 Å². The van der Waals surface area contributed by atoms with Gasteiger partial charge in [0.25, 0.3) is 0 Å². The van der Waals surface area contributed by atoms with E-state index in [-0.39, 0.29) is 0 Å². The summed E-state index contributed by atoms with van der Waals surface area (Å²) in [5.41, 5.74) is 1.42. The Hall–Kier alpha value is -0.470. The van der Waals surface area contributed by atoms with Crippen LogP contribution in [-0.4, -0.2) is 24.6 Å². The molecule has 1 unspecified atom stereocenters. The predicted molar refractivity (Wildman–Crippen MR) is 70.6 cm³/mol. The molecule has 84 valence electrons. The van der Waals surface area contributed by atoms with Crippen LogP contribution in [0.4, 0.5) is 0 Å². The van der Waals surface area contributed by atoms with E-state index in [0.29, 0.717) is 6.04 Å². The zero-order valence-electron chi connectivity index (χ0n) is 9.70. The first kappa shape index (κ1) is 12.6. The molecule has 0 fully saturated rings. The summed E-state index contributed by atoms with van der Waals surface area (Å²) in [6.07, 6.45) is 2.40. The van der Waals surface area contributed by atoms with Crippen LogP contribution in [0.25, 0.3) is 0 Å². The first-order chi connectivity index (χ1) is 7.36. The fourth-order valence-electron chi connectivity index (χ4n) is 1.51. The third kappa shape index (κ3) is 5.24. The molecule has 0 saturated carbocycles. The summed E-state index contributed by atoms with van der Waals surface area (Å²) in [4.78, 5) is 0. The maximum atomic E-state index is 3.39. The van der Waals surface area contributed by atoms with Gasteiger partial charge in [-0.3, -0.25) is 0 Å². The van der Waals surface area contributed by atoms with Crippen LogP contribution in [0.3, 0.4) is 0 Å². The fourth-order valence-corrected chi connectivity index (χ4v) is 2.54. The van der Waals surface area contributed by atoms with Gasteiger partial charge in [0, 0.05) is 11.8 Å². The fraction of sp³-hybridized carbons (Fsp3) is 0.538. The zero-order valence-corrected chi connectivity index (χ0v) is 10.5. The van der Waals surface area contributed by atoms with Crippen LogP contribution in [0.2, 0.25) is 0 Å². The average Bonchev–Trinajstić information content (AvgIpc) is 2.29. The van der Waals surface area contributed by atoms with Gasteiger partial charge in [-0.25, -0.2) is 0 Å². The Morgan fingerprint density at radius 3 is 2.60 bits per heavy atom. The van der Waals surface area contributed by atoms with Crippen molar-refractivity contribution < 1.29 is 0 Å². The maximum absolute atomic E-state index is 3.39. The third-order valence-corrected chi connectivity index (χ3v) is 3.74. The van der Waals surface area contributed by atoms with E-state index < -0.39 is 0 Å². The number of rotatable bonds is 7. The molecule has 1 aromatic carbocycles. The quantitative estimate of drug-likeness (QED) is 0.713. The number of likely N-dealkylation sites (N-methyl/N-ethyl adjacent to an activating group) is 1. The van der Waals surface area contributed by atoms with Crippen molar-refractivity contribution in [2.75, 3.05) is 18.6 Å². The number of nitrogens with one attached hydrogen (secondary N) is 1. The summed E-state index contributed by atoms with van der Waals surface area (Å²) in [6, 6.07) is 11.3. The normalized spacial score (nSPS) is 12.7. The van der Waals surface area contributed by atoms with E-state index in [0.717, 1.165) is 6.42 Å². The zero-order chi connectivity index (χ0) is 10.9. The van der Waals surface area contributed by atoms with Crippen molar-refractivity contribution in [3.05, 3.63) is 35.9 Å². The van der Waals surface area contributed by atoms with E-state index in [1.807, 2.05) is 11.8 Å². The second kappa shape index (κ2) is 7.77. The molecule has 1 rings (SSSR count). The van der Waals surface area contributed by atoms with Gasteiger partial charge in [-0.15, -0.1) is 0 Å². The van der Waals surface area contributed by atoms with E-state index in [4.69, 9.17) is 0 Å². The third-order valence-electron chi connectivity index (χ3n) is 2.40. The molecule has 0 amide bonds. The Kier molecular flexibility index (Phi) is 6.53. The van der Waals surface area contributed by atoms with Crippen molar-refractivity contribution in [2.24, 2.45) is 0 Å². The summed E-state index contributed by atoms with van der Waals surface area (Å²) in [5, 5.41) is 3.39. The van der Waals surface area contributed by atoms with E-state index in [1.165, 1.54) is 23.5 Å². The largest absolute Gasteiger partial charge is 0.316 e. The lowest BCUT2D eigenvalue weighted by molar-refractivity contribution is 0.617. The standard InChI is InChI=1S/C13H21NS/c1-3-9-15-11-13(14-2)10-12-7-5-4-6-8-12/h4-8,13-14H,3,9-11H2,1-2H3. The molecular weight excluding hydrogens is 202 g/mol. The number of hydrogen-bond donors (Lipinski definition) is 1. The summed E-state index contributed by atoms with van der Waals surface area (Å²) in [7, 11) is 2.06. The molecule has 0 aliphatic heterocycles. The molecule has 15 heavy (non-hydrogen) atoms. The predicted octanol–water partition coefficient (Wildman–Crippen LogP) is 2.96. The average molecular weight is 223 g/mol. The summed E-state index contributed by atoms with van der Waals surface area (Å²) >= 11 is 2.04. The molecule has 0 saturated heterocycles. The molecule has 0 aromatic heterocycles. The van der Waals surface area contributed by atoms with Crippen molar-refractivity contribution in [3.63, 3.8) is 0 Å². The summed E-state index contributed by atoms with van der Waals surface area (Å²) < 4.78 is 0. The lowest BCUT2D eigenvalue weighted by Gasteiger charge is -2.15. The molecule has 2 heteroatoms. The van der Waals surface area contributed by atoms with E-state index in [9.17, 15) is 0 Å². The van der Waals surface area contributed by atoms with Gasteiger partial charge >= 0.3 is 0 Å². The van der Waals surface area contributed by atoms with Crippen molar-refractivity contribution >= 4 is 11.8 Å². The Morgan fingerprint density at radius 2 is 2.00 bits per heavy atom. The van der Waals surface area contributed by atoms with Crippen LogP contribution < -0.4 is 5.32 Å². The van der Waals surface area contributed by atoms with Crippen LogP contribution in [0.5, 0.6) is 0 Å². The van der Waals surface area contributed by atoms with Gasteiger partial charge in [0.15, 0.2) is 0 Å². The van der Waals surface area contributed by atoms with Gasteiger partial charge in [-0.1, -0.05) is 37.3 Å². The first-order valence-electron chi connectivity index (χ1n) is 5.65. The second-order valence-corrected chi connectivity index (χ2v) is 4.90. The monoisotopic (exact) mass is 223 g/mol. The Morgan fingerprint density at radius 1 is 1.27 bits per heavy atom. The highest BCUT2D eigenvalue weighted by Crippen LogP contribution is 2.09.